The summed E-state index contributed by atoms with van der Waals surface area (Å²) in [7, 11) is -2.17. The van der Waals surface area contributed by atoms with Crippen LogP contribution in [0, 0.1) is 0 Å². The van der Waals surface area contributed by atoms with Crippen molar-refractivity contribution in [1.82, 2.24) is 9.29 Å². The molecule has 1 aromatic heterocycles. The van der Waals surface area contributed by atoms with Crippen LogP contribution in [0.3, 0.4) is 0 Å². The molecule has 0 spiro atoms. The number of nitrogens with zero attached hydrogens (tertiary/aromatic N) is 2. The Kier molecular flexibility index (Phi) is 7.44. The highest BCUT2D eigenvalue weighted by molar-refractivity contribution is 7.89. The normalized spacial score (nSPS) is 11.1. The number of aromatic nitrogens is 1. The van der Waals surface area contributed by atoms with Crippen molar-refractivity contribution in [2.75, 3.05) is 20.2 Å². The molecule has 2 aromatic rings. The molecular formula is C15H20ClN3O3S. The summed E-state index contributed by atoms with van der Waals surface area (Å²) >= 11 is 0. The number of rotatable bonds is 7. The molecule has 6 nitrogen and oxygen atoms in total. The summed E-state index contributed by atoms with van der Waals surface area (Å²) in [5.41, 5.74) is 6.47. The Morgan fingerprint density at radius 1 is 1.17 bits per heavy atom. The van der Waals surface area contributed by atoms with Crippen LogP contribution in [-0.4, -0.2) is 37.9 Å². The van der Waals surface area contributed by atoms with Crippen molar-refractivity contribution in [2.24, 2.45) is 5.73 Å². The Balaban J connectivity index is 0.00000264. The lowest BCUT2D eigenvalue weighted by Gasteiger charge is -2.21. The highest BCUT2D eigenvalue weighted by Crippen LogP contribution is 2.19. The number of sulfonamides is 1. The molecule has 0 atom stereocenters. The van der Waals surface area contributed by atoms with Crippen LogP contribution in [0.2, 0.25) is 0 Å². The maximum atomic E-state index is 12.7. The van der Waals surface area contributed by atoms with Crippen molar-refractivity contribution >= 4 is 22.4 Å². The molecule has 0 radical (unpaired) electrons. The zero-order valence-corrected chi connectivity index (χ0v) is 14.4. The Labute approximate surface area is 142 Å². The van der Waals surface area contributed by atoms with Gasteiger partial charge in [0.15, 0.2) is 0 Å². The molecule has 0 fully saturated rings. The van der Waals surface area contributed by atoms with Crippen LogP contribution in [0.5, 0.6) is 5.88 Å². The average molecular weight is 358 g/mol. The van der Waals surface area contributed by atoms with E-state index in [0.717, 1.165) is 5.56 Å². The first kappa shape index (κ1) is 19.4. The Hall–Kier alpha value is -1.67. The van der Waals surface area contributed by atoms with Gasteiger partial charge in [-0.2, -0.15) is 4.31 Å². The zero-order valence-electron chi connectivity index (χ0n) is 12.8. The summed E-state index contributed by atoms with van der Waals surface area (Å²) in [4.78, 5) is 4.08. The van der Waals surface area contributed by atoms with Gasteiger partial charge in [0.05, 0.1) is 13.3 Å². The van der Waals surface area contributed by atoms with Gasteiger partial charge in [0.2, 0.25) is 15.9 Å². The summed E-state index contributed by atoms with van der Waals surface area (Å²) in [5, 5.41) is 0. The van der Waals surface area contributed by atoms with Crippen LogP contribution in [0.25, 0.3) is 0 Å². The molecule has 1 heterocycles. The first-order chi connectivity index (χ1) is 10.6. The van der Waals surface area contributed by atoms with Crippen LogP contribution in [0.15, 0.2) is 53.6 Å². The average Bonchev–Trinajstić information content (AvgIpc) is 2.55. The maximum absolute atomic E-state index is 12.7. The zero-order chi connectivity index (χ0) is 16.0. The number of halogens is 1. The van der Waals surface area contributed by atoms with Gasteiger partial charge in [0.25, 0.3) is 0 Å². The highest BCUT2D eigenvalue weighted by atomic mass is 35.5. The van der Waals surface area contributed by atoms with Crippen LogP contribution < -0.4 is 10.5 Å². The summed E-state index contributed by atoms with van der Waals surface area (Å²) < 4.78 is 31.7. The minimum atomic E-state index is -3.65. The molecule has 0 amide bonds. The largest absolute Gasteiger partial charge is 0.481 e. The van der Waals surface area contributed by atoms with E-state index in [0.29, 0.717) is 5.88 Å². The third-order valence-corrected chi connectivity index (χ3v) is 4.97. The number of hydrogen-bond acceptors (Lipinski definition) is 5. The van der Waals surface area contributed by atoms with Gasteiger partial charge in [-0.05, 0) is 11.6 Å². The molecule has 1 aromatic carbocycles. The third-order valence-electron chi connectivity index (χ3n) is 3.14. The van der Waals surface area contributed by atoms with E-state index in [1.54, 1.807) is 0 Å². The molecule has 23 heavy (non-hydrogen) atoms. The van der Waals surface area contributed by atoms with Crippen molar-refractivity contribution in [3.63, 3.8) is 0 Å². The fraction of sp³-hybridized carbons (Fsp3) is 0.267. The van der Waals surface area contributed by atoms with Gasteiger partial charge < -0.3 is 10.5 Å². The number of pyridine rings is 1. The van der Waals surface area contributed by atoms with E-state index in [-0.39, 0.29) is 36.9 Å². The second-order valence-corrected chi connectivity index (χ2v) is 6.59. The lowest BCUT2D eigenvalue weighted by atomic mass is 10.2. The van der Waals surface area contributed by atoms with E-state index in [4.69, 9.17) is 10.5 Å². The number of nitrogens with two attached hydrogens (primary N) is 1. The molecule has 0 unspecified atom stereocenters. The molecule has 8 heteroatoms. The molecule has 2 N–H and O–H groups in total. The molecule has 0 aliphatic heterocycles. The molecule has 0 saturated heterocycles. The molecule has 0 aliphatic carbocycles. The first-order valence-electron chi connectivity index (χ1n) is 6.82. The monoisotopic (exact) mass is 357 g/mol. The second kappa shape index (κ2) is 8.83. The SMILES string of the molecule is COc1ccc(S(=O)(=O)N(CCN)Cc2ccccc2)cn1.Cl. The van der Waals surface area contributed by atoms with E-state index in [9.17, 15) is 8.42 Å². The molecular weight excluding hydrogens is 338 g/mol. The van der Waals surface area contributed by atoms with Crippen molar-refractivity contribution in [3.05, 3.63) is 54.2 Å². The van der Waals surface area contributed by atoms with Gasteiger partial charge >= 0.3 is 0 Å². The number of hydrogen-bond donors (Lipinski definition) is 1. The van der Waals surface area contributed by atoms with Crippen molar-refractivity contribution in [3.8, 4) is 5.88 Å². The summed E-state index contributed by atoms with van der Waals surface area (Å²) in [6.07, 6.45) is 1.29. The molecule has 2 rings (SSSR count). The molecule has 0 saturated carbocycles. The topological polar surface area (TPSA) is 85.5 Å². The molecule has 0 bridgehead atoms. The lowest BCUT2D eigenvalue weighted by Crippen LogP contribution is -2.35. The van der Waals surface area contributed by atoms with Gasteiger partial charge in [-0.25, -0.2) is 13.4 Å². The quantitative estimate of drug-likeness (QED) is 0.814. The standard InChI is InChI=1S/C15H19N3O3S.ClH/c1-21-15-8-7-14(11-17-15)22(19,20)18(10-9-16)12-13-5-3-2-4-6-13;/h2-8,11H,9-10,12,16H2,1H3;1H. The van der Waals surface area contributed by atoms with E-state index < -0.39 is 10.0 Å². The summed E-state index contributed by atoms with van der Waals surface area (Å²) in [5.74, 6) is 0.368. The van der Waals surface area contributed by atoms with Crippen LogP contribution in [-0.2, 0) is 16.6 Å². The summed E-state index contributed by atoms with van der Waals surface area (Å²) in [6, 6.07) is 12.4. The lowest BCUT2D eigenvalue weighted by molar-refractivity contribution is 0.395. The van der Waals surface area contributed by atoms with Crippen molar-refractivity contribution in [1.29, 1.82) is 0 Å². The predicted molar refractivity (Wildman–Crippen MR) is 91.1 cm³/mol. The van der Waals surface area contributed by atoms with Gasteiger partial charge in [0, 0.05) is 25.7 Å². The summed E-state index contributed by atoms with van der Waals surface area (Å²) in [6.45, 7) is 0.755. The van der Waals surface area contributed by atoms with Gasteiger partial charge in [-0.1, -0.05) is 30.3 Å². The van der Waals surface area contributed by atoms with Crippen molar-refractivity contribution in [2.45, 2.75) is 11.4 Å². The Bertz CT molecular complexity index is 694. The van der Waals surface area contributed by atoms with Crippen molar-refractivity contribution < 1.29 is 13.2 Å². The Morgan fingerprint density at radius 3 is 2.39 bits per heavy atom. The minimum Gasteiger partial charge on any atom is -0.481 e. The van der Waals surface area contributed by atoms with Gasteiger partial charge in [0.1, 0.15) is 4.90 Å². The molecule has 126 valence electrons. The second-order valence-electron chi connectivity index (χ2n) is 4.65. The van der Waals surface area contributed by atoms with E-state index in [1.165, 1.54) is 29.7 Å². The fourth-order valence-electron chi connectivity index (χ4n) is 2.00. The third kappa shape index (κ3) is 4.90. The van der Waals surface area contributed by atoms with Crippen LogP contribution in [0.1, 0.15) is 5.56 Å². The molecule has 0 aliphatic rings. The van der Waals surface area contributed by atoms with Crippen LogP contribution >= 0.6 is 12.4 Å². The maximum Gasteiger partial charge on any atom is 0.244 e. The van der Waals surface area contributed by atoms with E-state index in [2.05, 4.69) is 4.98 Å². The number of ether oxygens (including phenoxy) is 1. The predicted octanol–water partition coefficient (Wildman–Crippen LogP) is 1.66. The minimum absolute atomic E-state index is 0. The first-order valence-corrected chi connectivity index (χ1v) is 8.26. The van der Waals surface area contributed by atoms with E-state index >= 15 is 0 Å². The van der Waals surface area contributed by atoms with Crippen LogP contribution in [0.4, 0.5) is 0 Å². The van der Waals surface area contributed by atoms with Gasteiger partial charge in [-0.15, -0.1) is 12.4 Å². The number of methoxy groups -OCH3 is 1. The fourth-order valence-corrected chi connectivity index (χ4v) is 3.39. The Morgan fingerprint density at radius 2 is 1.87 bits per heavy atom. The van der Waals surface area contributed by atoms with Gasteiger partial charge in [-0.3, -0.25) is 0 Å². The van der Waals surface area contributed by atoms with E-state index in [1.807, 2.05) is 30.3 Å². The smallest absolute Gasteiger partial charge is 0.244 e. The highest BCUT2D eigenvalue weighted by Gasteiger charge is 2.24. The number of benzene rings is 1.